The number of unbranched alkanes of at least 4 members (excludes halogenated alkanes) is 3. The number of fused-ring (bicyclic) bond motifs is 2. The molecule has 22 heavy (non-hydrogen) atoms. The summed E-state index contributed by atoms with van der Waals surface area (Å²) in [7, 11) is 0. The Bertz CT molecular complexity index is 481. The summed E-state index contributed by atoms with van der Waals surface area (Å²) in [5.41, 5.74) is 2.29. The molecular weight excluding hydrogens is 270 g/mol. The third-order valence-corrected chi connectivity index (χ3v) is 5.40. The van der Waals surface area contributed by atoms with Crippen LogP contribution in [0.3, 0.4) is 0 Å². The van der Waals surface area contributed by atoms with Gasteiger partial charge in [-0.05, 0) is 44.1 Å². The molecule has 1 aromatic carbocycles. The highest BCUT2D eigenvalue weighted by Gasteiger charge is 2.36. The normalized spacial score (nSPS) is 27.0. The third kappa shape index (κ3) is 3.78. The van der Waals surface area contributed by atoms with Crippen molar-refractivity contribution < 1.29 is 4.79 Å². The molecule has 0 radical (unpaired) electrons. The molecule has 2 aliphatic heterocycles. The van der Waals surface area contributed by atoms with Crippen LogP contribution in [0.5, 0.6) is 0 Å². The summed E-state index contributed by atoms with van der Waals surface area (Å²) in [5, 5.41) is 3.62. The van der Waals surface area contributed by atoms with Crippen molar-refractivity contribution in [3.63, 3.8) is 0 Å². The van der Waals surface area contributed by atoms with Gasteiger partial charge in [-0.1, -0.05) is 50.5 Å². The molecule has 2 unspecified atom stereocenters. The zero-order valence-electron chi connectivity index (χ0n) is 13.8. The van der Waals surface area contributed by atoms with Crippen molar-refractivity contribution in [2.24, 2.45) is 5.92 Å². The highest BCUT2D eigenvalue weighted by Crippen LogP contribution is 2.32. The van der Waals surface area contributed by atoms with E-state index in [0.29, 0.717) is 17.9 Å². The quantitative estimate of drug-likeness (QED) is 0.592. The Labute approximate surface area is 134 Å². The van der Waals surface area contributed by atoms with Gasteiger partial charge in [0.1, 0.15) is 0 Å². The Kier molecular flexibility index (Phi) is 5.30. The van der Waals surface area contributed by atoms with Gasteiger partial charge in [0.05, 0.1) is 0 Å². The number of hydrogen-bond donors (Lipinski definition) is 1. The number of rotatable bonds is 7. The van der Waals surface area contributed by atoms with Crippen LogP contribution in [0.2, 0.25) is 0 Å². The van der Waals surface area contributed by atoms with Gasteiger partial charge >= 0.3 is 0 Å². The lowest BCUT2D eigenvalue weighted by atomic mass is 9.85. The van der Waals surface area contributed by atoms with E-state index in [4.69, 9.17) is 0 Å². The Morgan fingerprint density at radius 2 is 1.73 bits per heavy atom. The van der Waals surface area contributed by atoms with Gasteiger partial charge in [-0.3, -0.25) is 4.79 Å². The second-order valence-corrected chi connectivity index (χ2v) is 7.18. The molecule has 2 saturated heterocycles. The maximum Gasteiger partial charge on any atom is 0.166 e. The molecule has 2 atom stereocenters. The maximum absolute atomic E-state index is 12.7. The summed E-state index contributed by atoms with van der Waals surface area (Å²) < 4.78 is 0. The monoisotopic (exact) mass is 299 g/mol. The molecule has 2 aliphatic rings. The van der Waals surface area contributed by atoms with Crippen LogP contribution in [0.15, 0.2) is 24.3 Å². The van der Waals surface area contributed by atoms with Gasteiger partial charge < -0.3 is 5.32 Å². The molecule has 1 N–H and O–H groups in total. The van der Waals surface area contributed by atoms with E-state index in [1.54, 1.807) is 0 Å². The average molecular weight is 299 g/mol. The molecule has 3 rings (SSSR count). The predicted molar refractivity (Wildman–Crippen MR) is 91.3 cm³/mol. The second kappa shape index (κ2) is 7.41. The largest absolute Gasteiger partial charge is 0.311 e. The Hall–Kier alpha value is -1.15. The molecule has 0 aliphatic carbocycles. The smallest absolute Gasteiger partial charge is 0.166 e. The van der Waals surface area contributed by atoms with Crippen LogP contribution in [0.1, 0.15) is 74.2 Å². The van der Waals surface area contributed by atoms with Crippen LogP contribution in [0.4, 0.5) is 0 Å². The minimum Gasteiger partial charge on any atom is -0.311 e. The van der Waals surface area contributed by atoms with E-state index in [1.807, 2.05) is 0 Å². The Morgan fingerprint density at radius 3 is 2.36 bits per heavy atom. The van der Waals surface area contributed by atoms with Gasteiger partial charge in [-0.2, -0.15) is 0 Å². The molecule has 1 aromatic rings. The van der Waals surface area contributed by atoms with Crippen molar-refractivity contribution in [2.45, 2.75) is 76.8 Å². The molecule has 0 amide bonds. The van der Waals surface area contributed by atoms with E-state index in [2.05, 4.69) is 36.5 Å². The van der Waals surface area contributed by atoms with Gasteiger partial charge in [-0.15, -0.1) is 0 Å². The number of ketones is 1. The average Bonchev–Trinajstić information content (AvgIpc) is 2.89. The highest BCUT2D eigenvalue weighted by molar-refractivity contribution is 5.98. The van der Waals surface area contributed by atoms with Crippen molar-refractivity contribution in [3.05, 3.63) is 35.4 Å². The maximum atomic E-state index is 12.7. The van der Waals surface area contributed by atoms with E-state index < -0.39 is 0 Å². The SMILES string of the molecule is CCCCCCc1ccc(C(=O)C2CC3CCC(C2)N3)cc1. The number of piperidine rings is 1. The molecule has 2 bridgehead atoms. The summed E-state index contributed by atoms with van der Waals surface area (Å²) in [5.74, 6) is 0.616. The minimum atomic E-state index is 0.245. The van der Waals surface area contributed by atoms with E-state index in [1.165, 1.54) is 44.1 Å². The number of benzene rings is 1. The number of aryl methyl sites for hydroxylation is 1. The Morgan fingerprint density at radius 1 is 1.05 bits per heavy atom. The number of carbonyl (C=O) groups is 1. The summed E-state index contributed by atoms with van der Waals surface area (Å²) in [6, 6.07) is 9.61. The topological polar surface area (TPSA) is 29.1 Å². The number of nitrogens with one attached hydrogen (secondary N) is 1. The van der Waals surface area contributed by atoms with Crippen LogP contribution in [0.25, 0.3) is 0 Å². The fourth-order valence-corrected chi connectivity index (χ4v) is 4.10. The number of Topliss-reactive ketones (excluding diaryl/α,β-unsaturated/α-hetero) is 1. The molecule has 2 fully saturated rings. The van der Waals surface area contributed by atoms with E-state index >= 15 is 0 Å². The van der Waals surface area contributed by atoms with Crippen LogP contribution in [-0.4, -0.2) is 17.9 Å². The lowest BCUT2D eigenvalue weighted by molar-refractivity contribution is 0.0875. The standard InChI is InChI=1S/C20H29NO/c1-2-3-4-5-6-15-7-9-16(10-8-15)20(22)17-13-18-11-12-19(14-17)21-18/h7-10,17-19,21H,2-6,11-14H2,1H3. The van der Waals surface area contributed by atoms with Crippen molar-refractivity contribution in [1.82, 2.24) is 5.32 Å². The first-order valence-corrected chi connectivity index (χ1v) is 9.15. The van der Waals surface area contributed by atoms with Gasteiger partial charge in [0.25, 0.3) is 0 Å². The summed E-state index contributed by atoms with van der Waals surface area (Å²) in [6.45, 7) is 2.24. The van der Waals surface area contributed by atoms with Crippen molar-refractivity contribution in [1.29, 1.82) is 0 Å². The van der Waals surface area contributed by atoms with E-state index in [9.17, 15) is 4.79 Å². The predicted octanol–water partition coefficient (Wildman–Crippen LogP) is 4.52. The molecule has 0 aromatic heterocycles. The van der Waals surface area contributed by atoms with E-state index in [0.717, 1.165) is 24.8 Å². The fourth-order valence-electron chi connectivity index (χ4n) is 4.10. The minimum absolute atomic E-state index is 0.245. The van der Waals surface area contributed by atoms with Gasteiger partial charge in [0.15, 0.2) is 5.78 Å². The van der Waals surface area contributed by atoms with Crippen LogP contribution < -0.4 is 5.32 Å². The number of hydrogen-bond acceptors (Lipinski definition) is 2. The van der Waals surface area contributed by atoms with Crippen molar-refractivity contribution in [3.8, 4) is 0 Å². The third-order valence-electron chi connectivity index (χ3n) is 5.40. The van der Waals surface area contributed by atoms with Crippen LogP contribution >= 0.6 is 0 Å². The zero-order valence-corrected chi connectivity index (χ0v) is 13.8. The second-order valence-electron chi connectivity index (χ2n) is 7.18. The fraction of sp³-hybridized carbons (Fsp3) is 0.650. The van der Waals surface area contributed by atoms with E-state index in [-0.39, 0.29) is 5.92 Å². The molecule has 0 spiro atoms. The zero-order chi connectivity index (χ0) is 15.4. The summed E-state index contributed by atoms with van der Waals surface area (Å²) in [6.07, 6.45) is 10.9. The highest BCUT2D eigenvalue weighted by atomic mass is 16.1. The van der Waals surface area contributed by atoms with Crippen molar-refractivity contribution >= 4 is 5.78 Å². The van der Waals surface area contributed by atoms with Gasteiger partial charge in [-0.25, -0.2) is 0 Å². The number of carbonyl (C=O) groups excluding carboxylic acids is 1. The summed E-state index contributed by atoms with van der Waals surface area (Å²) >= 11 is 0. The lowest BCUT2D eigenvalue weighted by Gasteiger charge is -2.28. The van der Waals surface area contributed by atoms with Crippen LogP contribution in [-0.2, 0) is 6.42 Å². The molecule has 120 valence electrons. The molecule has 0 saturated carbocycles. The molecular formula is C20H29NO. The van der Waals surface area contributed by atoms with Crippen LogP contribution in [0, 0.1) is 5.92 Å². The molecule has 2 nitrogen and oxygen atoms in total. The Balaban J connectivity index is 1.54. The first-order chi connectivity index (χ1) is 10.8. The van der Waals surface area contributed by atoms with Gasteiger partial charge in [0, 0.05) is 23.6 Å². The molecule has 2 heterocycles. The lowest BCUT2D eigenvalue weighted by Crippen LogP contribution is -2.40. The first kappa shape index (κ1) is 15.7. The molecule has 2 heteroatoms. The van der Waals surface area contributed by atoms with Crippen molar-refractivity contribution in [2.75, 3.05) is 0 Å². The first-order valence-electron chi connectivity index (χ1n) is 9.15. The summed E-state index contributed by atoms with van der Waals surface area (Å²) in [4.78, 5) is 12.7. The van der Waals surface area contributed by atoms with Gasteiger partial charge in [0.2, 0.25) is 0 Å².